The van der Waals surface area contributed by atoms with E-state index in [9.17, 15) is 4.79 Å². The van der Waals surface area contributed by atoms with Gasteiger partial charge in [-0.1, -0.05) is 32.9 Å². The SMILES string of the molecule is Cc1cc(C(N)C(C)(C)C)cc2c1NC(=O)CC2. The van der Waals surface area contributed by atoms with Gasteiger partial charge in [-0.2, -0.15) is 0 Å². The number of benzene rings is 1. The lowest BCUT2D eigenvalue weighted by atomic mass is 9.81. The van der Waals surface area contributed by atoms with Gasteiger partial charge in [-0.25, -0.2) is 0 Å². The van der Waals surface area contributed by atoms with E-state index in [0.717, 1.165) is 23.2 Å². The van der Waals surface area contributed by atoms with Crippen LogP contribution in [0.25, 0.3) is 0 Å². The number of carbonyl (C=O) groups is 1. The Morgan fingerprint density at radius 1 is 1.28 bits per heavy atom. The lowest BCUT2D eigenvalue weighted by molar-refractivity contribution is -0.116. The second kappa shape index (κ2) is 4.39. The highest BCUT2D eigenvalue weighted by molar-refractivity contribution is 5.94. The molecule has 0 spiro atoms. The fourth-order valence-corrected chi connectivity index (χ4v) is 2.40. The lowest BCUT2D eigenvalue weighted by Gasteiger charge is -2.29. The molecule has 0 fully saturated rings. The van der Waals surface area contributed by atoms with Crippen molar-refractivity contribution in [3.05, 3.63) is 28.8 Å². The van der Waals surface area contributed by atoms with E-state index in [-0.39, 0.29) is 17.4 Å². The fourth-order valence-electron chi connectivity index (χ4n) is 2.40. The number of nitrogens with two attached hydrogens (primary N) is 1. The van der Waals surface area contributed by atoms with E-state index in [1.165, 1.54) is 5.56 Å². The van der Waals surface area contributed by atoms with Gasteiger partial charge >= 0.3 is 0 Å². The van der Waals surface area contributed by atoms with E-state index in [1.54, 1.807) is 0 Å². The summed E-state index contributed by atoms with van der Waals surface area (Å²) in [5.74, 6) is 0.110. The molecule has 3 N–H and O–H groups in total. The quantitative estimate of drug-likeness (QED) is 0.800. The van der Waals surface area contributed by atoms with Gasteiger partial charge in [0.05, 0.1) is 0 Å². The van der Waals surface area contributed by atoms with Crippen molar-refractivity contribution >= 4 is 11.6 Å². The van der Waals surface area contributed by atoms with Crippen LogP contribution in [0.3, 0.4) is 0 Å². The lowest BCUT2D eigenvalue weighted by Crippen LogP contribution is -2.27. The topological polar surface area (TPSA) is 55.1 Å². The Hall–Kier alpha value is -1.35. The van der Waals surface area contributed by atoms with Crippen molar-refractivity contribution in [2.24, 2.45) is 11.1 Å². The molecule has 18 heavy (non-hydrogen) atoms. The standard InChI is InChI=1S/C15H22N2O/c1-9-7-11(14(16)15(2,3)4)8-10-5-6-12(18)17-13(9)10/h7-8,14H,5-6,16H2,1-4H3,(H,17,18). The zero-order valence-electron chi connectivity index (χ0n) is 11.6. The second-order valence-corrected chi connectivity index (χ2v) is 6.26. The summed E-state index contributed by atoms with van der Waals surface area (Å²) < 4.78 is 0. The Morgan fingerprint density at radius 3 is 2.56 bits per heavy atom. The number of carbonyl (C=O) groups excluding carboxylic acids is 1. The molecule has 2 rings (SSSR count). The predicted molar refractivity (Wildman–Crippen MR) is 74.5 cm³/mol. The number of fused-ring (bicyclic) bond motifs is 1. The first-order chi connectivity index (χ1) is 8.29. The molecule has 0 saturated carbocycles. The summed E-state index contributed by atoms with van der Waals surface area (Å²) in [6.45, 7) is 8.47. The van der Waals surface area contributed by atoms with Crippen LogP contribution in [0, 0.1) is 12.3 Å². The van der Waals surface area contributed by atoms with Crippen LogP contribution in [0.15, 0.2) is 12.1 Å². The maximum absolute atomic E-state index is 11.4. The average molecular weight is 246 g/mol. The van der Waals surface area contributed by atoms with Gasteiger partial charge in [0.15, 0.2) is 0 Å². The number of nitrogens with one attached hydrogen (secondary N) is 1. The number of rotatable bonds is 1. The van der Waals surface area contributed by atoms with Crippen LogP contribution >= 0.6 is 0 Å². The highest BCUT2D eigenvalue weighted by Crippen LogP contribution is 2.35. The van der Waals surface area contributed by atoms with Crippen LogP contribution in [0.2, 0.25) is 0 Å². The molecule has 1 heterocycles. The number of hydrogen-bond donors (Lipinski definition) is 2. The summed E-state index contributed by atoms with van der Waals surface area (Å²) in [7, 11) is 0. The molecule has 3 heteroatoms. The Kier molecular flexibility index (Phi) is 3.20. The third kappa shape index (κ3) is 2.41. The van der Waals surface area contributed by atoms with Gasteiger partial charge < -0.3 is 11.1 Å². The molecule has 0 saturated heterocycles. The van der Waals surface area contributed by atoms with Gasteiger partial charge in [-0.3, -0.25) is 4.79 Å². The zero-order chi connectivity index (χ0) is 13.5. The summed E-state index contributed by atoms with van der Waals surface area (Å²) in [6.07, 6.45) is 1.38. The summed E-state index contributed by atoms with van der Waals surface area (Å²) in [5.41, 5.74) is 10.8. The molecule has 1 amide bonds. The summed E-state index contributed by atoms with van der Waals surface area (Å²) in [6, 6.07) is 4.26. The largest absolute Gasteiger partial charge is 0.326 e. The van der Waals surface area contributed by atoms with Crippen LogP contribution in [0.5, 0.6) is 0 Å². The van der Waals surface area contributed by atoms with Gasteiger partial charge in [0.1, 0.15) is 0 Å². The molecule has 98 valence electrons. The first-order valence-corrected chi connectivity index (χ1v) is 6.48. The molecule has 3 nitrogen and oxygen atoms in total. The Balaban J connectivity index is 2.42. The fraction of sp³-hybridized carbons (Fsp3) is 0.533. The molecule has 0 bridgehead atoms. The van der Waals surface area contributed by atoms with Crippen LogP contribution in [-0.4, -0.2) is 5.91 Å². The van der Waals surface area contributed by atoms with Crippen molar-refractivity contribution in [2.45, 2.75) is 46.6 Å². The number of aryl methyl sites for hydroxylation is 2. The van der Waals surface area contributed by atoms with E-state index >= 15 is 0 Å². The van der Waals surface area contributed by atoms with Gasteiger partial charge in [-0.15, -0.1) is 0 Å². The molecule has 0 radical (unpaired) electrons. The first-order valence-electron chi connectivity index (χ1n) is 6.48. The minimum absolute atomic E-state index is 0.0131. The molecule has 1 aliphatic heterocycles. The van der Waals surface area contributed by atoms with E-state index in [4.69, 9.17) is 5.73 Å². The zero-order valence-corrected chi connectivity index (χ0v) is 11.6. The van der Waals surface area contributed by atoms with E-state index in [1.807, 2.05) is 6.92 Å². The van der Waals surface area contributed by atoms with Crippen molar-refractivity contribution in [1.82, 2.24) is 0 Å². The second-order valence-electron chi connectivity index (χ2n) is 6.26. The van der Waals surface area contributed by atoms with Gasteiger partial charge in [-0.05, 0) is 35.4 Å². The van der Waals surface area contributed by atoms with E-state index < -0.39 is 0 Å². The number of hydrogen-bond acceptors (Lipinski definition) is 2. The smallest absolute Gasteiger partial charge is 0.224 e. The van der Waals surface area contributed by atoms with Gasteiger partial charge in [0.25, 0.3) is 0 Å². The highest BCUT2D eigenvalue weighted by Gasteiger charge is 2.25. The normalized spacial score (nSPS) is 17.1. The third-order valence-electron chi connectivity index (χ3n) is 3.62. The minimum atomic E-state index is 0.0131. The van der Waals surface area contributed by atoms with Gasteiger partial charge in [0.2, 0.25) is 5.91 Å². The Bertz CT molecular complexity index is 486. The van der Waals surface area contributed by atoms with Crippen molar-refractivity contribution in [2.75, 3.05) is 5.32 Å². The molecule has 1 unspecified atom stereocenters. The Labute approximate surface area is 109 Å². The van der Waals surface area contributed by atoms with Crippen molar-refractivity contribution in [3.8, 4) is 0 Å². The summed E-state index contributed by atoms with van der Waals surface area (Å²) in [4.78, 5) is 11.4. The maximum Gasteiger partial charge on any atom is 0.224 e. The number of anilines is 1. The first kappa shape index (κ1) is 13.1. The number of amides is 1. The minimum Gasteiger partial charge on any atom is -0.326 e. The van der Waals surface area contributed by atoms with E-state index in [2.05, 4.69) is 38.2 Å². The molecular weight excluding hydrogens is 224 g/mol. The molecule has 1 aromatic carbocycles. The van der Waals surface area contributed by atoms with Crippen LogP contribution in [-0.2, 0) is 11.2 Å². The molecule has 1 aliphatic rings. The van der Waals surface area contributed by atoms with Crippen LogP contribution < -0.4 is 11.1 Å². The predicted octanol–water partition coefficient (Wildman–Crippen LogP) is 2.93. The molecular formula is C15H22N2O. The van der Waals surface area contributed by atoms with E-state index in [0.29, 0.717) is 6.42 Å². The van der Waals surface area contributed by atoms with Crippen molar-refractivity contribution < 1.29 is 4.79 Å². The van der Waals surface area contributed by atoms with Crippen LogP contribution in [0.1, 0.15) is 49.9 Å². The molecule has 1 aromatic rings. The third-order valence-corrected chi connectivity index (χ3v) is 3.62. The highest BCUT2D eigenvalue weighted by atomic mass is 16.1. The monoisotopic (exact) mass is 246 g/mol. The maximum atomic E-state index is 11.4. The molecule has 0 aromatic heterocycles. The van der Waals surface area contributed by atoms with Crippen molar-refractivity contribution in [1.29, 1.82) is 0 Å². The molecule has 1 atom stereocenters. The van der Waals surface area contributed by atoms with Crippen molar-refractivity contribution in [3.63, 3.8) is 0 Å². The summed E-state index contributed by atoms with van der Waals surface area (Å²) >= 11 is 0. The Morgan fingerprint density at radius 2 is 1.94 bits per heavy atom. The molecule has 0 aliphatic carbocycles. The van der Waals surface area contributed by atoms with Crippen LogP contribution in [0.4, 0.5) is 5.69 Å². The average Bonchev–Trinajstić information content (AvgIpc) is 2.27. The van der Waals surface area contributed by atoms with Gasteiger partial charge in [0, 0.05) is 18.2 Å². The summed E-state index contributed by atoms with van der Waals surface area (Å²) in [5, 5.41) is 2.95.